The van der Waals surface area contributed by atoms with E-state index in [0.717, 1.165) is 65.3 Å². The molecule has 0 spiro atoms. The molecular formula is C20H42N4O4. The molecule has 2 N–H and O–H groups in total. The fraction of sp³-hybridized carbons (Fsp3) is 0.900. The molecular weight excluding hydrogens is 360 g/mol. The first-order valence-electron chi connectivity index (χ1n) is 10.5. The van der Waals surface area contributed by atoms with Crippen LogP contribution >= 0.6 is 0 Å². The molecule has 2 aliphatic heterocycles. The highest BCUT2D eigenvalue weighted by atomic mass is 16.5. The molecule has 2 aliphatic rings. The molecule has 28 heavy (non-hydrogen) atoms. The normalized spacial score (nSPS) is 22.8. The second-order valence-corrected chi connectivity index (χ2v) is 7.25. The third kappa shape index (κ3) is 8.63. The topological polar surface area (TPSA) is 71.9 Å². The summed E-state index contributed by atoms with van der Waals surface area (Å²) in [7, 11) is 3.46. The second kappa shape index (κ2) is 15.0. The van der Waals surface area contributed by atoms with E-state index >= 15 is 0 Å². The Hall–Kier alpha value is -0.900. The molecule has 0 bridgehead atoms. The molecule has 166 valence electrons. The first kappa shape index (κ1) is 25.1. The Morgan fingerprint density at radius 3 is 1.82 bits per heavy atom. The van der Waals surface area contributed by atoms with Crippen LogP contribution in [0.4, 0.5) is 0 Å². The van der Waals surface area contributed by atoms with E-state index in [4.69, 9.17) is 19.7 Å². The molecule has 2 atom stereocenters. The minimum Gasteiger partial charge on any atom is -0.396 e. The van der Waals surface area contributed by atoms with Gasteiger partial charge in [-0.25, -0.2) is 0 Å². The second-order valence-electron chi connectivity index (χ2n) is 7.25. The van der Waals surface area contributed by atoms with Gasteiger partial charge in [0, 0.05) is 79.1 Å². The lowest BCUT2D eigenvalue weighted by atomic mass is 10.4. The number of hydrogen-bond donors (Lipinski definition) is 2. The van der Waals surface area contributed by atoms with Crippen molar-refractivity contribution in [1.82, 2.24) is 19.6 Å². The summed E-state index contributed by atoms with van der Waals surface area (Å²) in [6, 6.07) is 0. The monoisotopic (exact) mass is 402 g/mol. The van der Waals surface area contributed by atoms with Crippen molar-refractivity contribution in [2.45, 2.75) is 39.0 Å². The lowest BCUT2D eigenvalue weighted by Gasteiger charge is -2.29. The number of ether oxygens (including phenoxy) is 2. The van der Waals surface area contributed by atoms with E-state index in [1.807, 2.05) is 0 Å². The van der Waals surface area contributed by atoms with Crippen molar-refractivity contribution in [3.8, 4) is 0 Å². The molecule has 0 amide bonds. The van der Waals surface area contributed by atoms with Gasteiger partial charge < -0.3 is 29.5 Å². The third-order valence-electron chi connectivity index (χ3n) is 5.45. The molecule has 0 aliphatic carbocycles. The van der Waals surface area contributed by atoms with Gasteiger partial charge in [0.1, 0.15) is 0 Å². The third-order valence-corrected chi connectivity index (χ3v) is 5.45. The Kier molecular flexibility index (Phi) is 13.5. The van der Waals surface area contributed by atoms with Crippen molar-refractivity contribution in [3.05, 3.63) is 12.4 Å². The Morgan fingerprint density at radius 1 is 0.750 bits per heavy atom. The first-order valence-corrected chi connectivity index (χ1v) is 10.5. The highest BCUT2D eigenvalue weighted by Gasteiger charge is 2.26. The van der Waals surface area contributed by atoms with E-state index in [1.54, 1.807) is 14.2 Å². The number of aliphatic hydroxyl groups is 2. The summed E-state index contributed by atoms with van der Waals surface area (Å²) >= 11 is 0. The number of rotatable bonds is 12. The summed E-state index contributed by atoms with van der Waals surface area (Å²) in [5, 5.41) is 17.5. The summed E-state index contributed by atoms with van der Waals surface area (Å²) in [4.78, 5) is 9.29. The summed E-state index contributed by atoms with van der Waals surface area (Å²) in [6.07, 6.45) is 6.75. The molecule has 2 rings (SSSR count). The molecule has 1 fully saturated rings. The molecule has 2 unspecified atom stereocenters. The Bertz CT molecular complexity index is 380. The summed E-state index contributed by atoms with van der Waals surface area (Å²) in [5.74, 6) is 0. The van der Waals surface area contributed by atoms with E-state index in [9.17, 15) is 0 Å². The van der Waals surface area contributed by atoms with Crippen LogP contribution in [0, 0.1) is 0 Å². The van der Waals surface area contributed by atoms with Crippen LogP contribution in [0.1, 0.15) is 26.7 Å². The molecule has 0 saturated carbocycles. The van der Waals surface area contributed by atoms with Crippen LogP contribution in [-0.2, 0) is 9.47 Å². The quantitative estimate of drug-likeness (QED) is 0.487. The number of methoxy groups -OCH3 is 2. The summed E-state index contributed by atoms with van der Waals surface area (Å²) < 4.78 is 10.1. The van der Waals surface area contributed by atoms with Crippen molar-refractivity contribution >= 4 is 0 Å². The van der Waals surface area contributed by atoms with Crippen molar-refractivity contribution in [2.24, 2.45) is 0 Å². The van der Waals surface area contributed by atoms with Crippen molar-refractivity contribution in [2.75, 3.05) is 79.9 Å². The van der Waals surface area contributed by atoms with E-state index in [1.165, 1.54) is 0 Å². The van der Waals surface area contributed by atoms with Gasteiger partial charge in [-0.1, -0.05) is 0 Å². The van der Waals surface area contributed by atoms with Crippen LogP contribution in [0.25, 0.3) is 0 Å². The van der Waals surface area contributed by atoms with Gasteiger partial charge in [0.25, 0.3) is 0 Å². The predicted molar refractivity (Wildman–Crippen MR) is 112 cm³/mol. The highest BCUT2D eigenvalue weighted by Crippen LogP contribution is 2.15. The van der Waals surface area contributed by atoms with Crippen molar-refractivity contribution in [3.63, 3.8) is 0 Å². The smallest absolute Gasteiger partial charge is 0.0978 e. The Morgan fingerprint density at radius 2 is 1.25 bits per heavy atom. The van der Waals surface area contributed by atoms with Crippen molar-refractivity contribution in [1.29, 1.82) is 0 Å². The van der Waals surface area contributed by atoms with Gasteiger partial charge >= 0.3 is 0 Å². The summed E-state index contributed by atoms with van der Waals surface area (Å²) in [6.45, 7) is 12.6. The van der Waals surface area contributed by atoms with E-state index in [2.05, 4.69) is 45.8 Å². The number of aliphatic hydroxyl groups excluding tert-OH is 2. The Balaban J connectivity index is 0.000000280. The van der Waals surface area contributed by atoms with Gasteiger partial charge in [0.2, 0.25) is 0 Å². The van der Waals surface area contributed by atoms with Gasteiger partial charge in [-0.2, -0.15) is 0 Å². The Labute approximate surface area is 171 Å². The lowest BCUT2D eigenvalue weighted by molar-refractivity contribution is 0.105. The average molecular weight is 403 g/mol. The number of hydrogen-bond acceptors (Lipinski definition) is 8. The zero-order chi connectivity index (χ0) is 20.8. The molecule has 0 aromatic heterocycles. The van der Waals surface area contributed by atoms with Gasteiger partial charge in [-0.05, 0) is 26.7 Å². The van der Waals surface area contributed by atoms with Gasteiger partial charge in [0.05, 0.1) is 25.5 Å². The van der Waals surface area contributed by atoms with Gasteiger partial charge in [-0.3, -0.25) is 9.80 Å². The van der Waals surface area contributed by atoms with Crippen LogP contribution in [-0.4, -0.2) is 122 Å². The largest absolute Gasteiger partial charge is 0.396 e. The average Bonchev–Trinajstić information content (AvgIpc) is 3.24. The molecule has 8 heteroatoms. The predicted octanol–water partition coefficient (Wildman–Crippen LogP) is 0.429. The van der Waals surface area contributed by atoms with Crippen LogP contribution in [0.3, 0.4) is 0 Å². The van der Waals surface area contributed by atoms with Crippen LogP contribution in [0.5, 0.6) is 0 Å². The fourth-order valence-electron chi connectivity index (χ4n) is 3.52. The van der Waals surface area contributed by atoms with Crippen LogP contribution in [0.15, 0.2) is 12.4 Å². The highest BCUT2D eigenvalue weighted by molar-refractivity contribution is 4.95. The molecule has 2 heterocycles. The lowest BCUT2D eigenvalue weighted by Crippen LogP contribution is -2.38. The molecule has 8 nitrogen and oxygen atoms in total. The first-order chi connectivity index (χ1) is 13.6. The zero-order valence-electron chi connectivity index (χ0n) is 18.3. The molecule has 0 aromatic carbocycles. The standard InChI is InChI=1S/C10H22N2O2.C10H20N2O2/c2*1-10-11(4-3-8-13)5-6-12(10)7-9-14-2/h10,13H,3-9H2,1-2H3;5-6,10,13H,3-4,7-9H2,1-2H3. The van der Waals surface area contributed by atoms with Gasteiger partial charge in [0.15, 0.2) is 0 Å². The number of nitrogens with zero attached hydrogens (tertiary/aromatic N) is 4. The molecule has 0 radical (unpaired) electrons. The van der Waals surface area contributed by atoms with E-state index < -0.39 is 0 Å². The maximum atomic E-state index is 8.76. The SMILES string of the molecule is COCCN1C=CN(CCCO)C1C.COCCN1CCN(CCCO)C1C. The van der Waals surface area contributed by atoms with Crippen LogP contribution < -0.4 is 0 Å². The summed E-state index contributed by atoms with van der Waals surface area (Å²) in [5.41, 5.74) is 0. The maximum absolute atomic E-state index is 8.76. The minimum absolute atomic E-state index is 0.259. The van der Waals surface area contributed by atoms with E-state index in [0.29, 0.717) is 18.9 Å². The zero-order valence-corrected chi connectivity index (χ0v) is 18.3. The maximum Gasteiger partial charge on any atom is 0.0978 e. The van der Waals surface area contributed by atoms with Crippen molar-refractivity contribution < 1.29 is 19.7 Å². The fourth-order valence-corrected chi connectivity index (χ4v) is 3.52. The molecule has 1 saturated heterocycles. The minimum atomic E-state index is 0.259. The van der Waals surface area contributed by atoms with Crippen LogP contribution in [0.2, 0.25) is 0 Å². The van der Waals surface area contributed by atoms with E-state index in [-0.39, 0.29) is 6.61 Å². The molecule has 0 aromatic rings. The van der Waals surface area contributed by atoms with Gasteiger partial charge in [-0.15, -0.1) is 0 Å².